The highest BCUT2D eigenvalue weighted by atomic mass is 16.5. The van der Waals surface area contributed by atoms with Crippen LogP contribution in [0.3, 0.4) is 0 Å². The van der Waals surface area contributed by atoms with Crippen LogP contribution in [0, 0.1) is 0 Å². The van der Waals surface area contributed by atoms with Crippen LogP contribution in [0.4, 0.5) is 0 Å². The SMILES string of the molecule is COc1ccc(BO)cn1. The molecule has 52 valence electrons. The lowest BCUT2D eigenvalue weighted by atomic mass is 9.91. The Kier molecular flexibility index (Phi) is 2.28. The quantitative estimate of drug-likeness (QED) is 0.535. The first-order valence-corrected chi connectivity index (χ1v) is 2.96. The zero-order chi connectivity index (χ0) is 7.40. The molecule has 0 aromatic carbocycles. The normalized spacial score (nSPS) is 9.00. The standard InChI is InChI=1S/C6H8BNO2/c1-10-6-3-2-5(7-9)4-8-6/h2-4,7,9H,1H3. The Balaban J connectivity index is 2.80. The summed E-state index contributed by atoms with van der Waals surface area (Å²) >= 11 is 0. The summed E-state index contributed by atoms with van der Waals surface area (Å²) in [5, 5.41) is 8.62. The summed E-state index contributed by atoms with van der Waals surface area (Å²) in [4.78, 5) is 3.89. The highest BCUT2D eigenvalue weighted by Gasteiger charge is 1.93. The Morgan fingerprint density at radius 2 is 2.40 bits per heavy atom. The van der Waals surface area contributed by atoms with Gasteiger partial charge in [-0.15, -0.1) is 0 Å². The van der Waals surface area contributed by atoms with Crippen LogP contribution in [0.2, 0.25) is 0 Å². The molecular weight excluding hydrogens is 129 g/mol. The lowest BCUT2D eigenvalue weighted by Gasteiger charge is -1.97. The molecule has 4 heteroatoms. The molecule has 0 amide bonds. The summed E-state index contributed by atoms with van der Waals surface area (Å²) in [6.45, 7) is 0. The first kappa shape index (κ1) is 7.09. The van der Waals surface area contributed by atoms with E-state index in [1.165, 1.54) is 0 Å². The molecule has 10 heavy (non-hydrogen) atoms. The van der Waals surface area contributed by atoms with E-state index in [0.29, 0.717) is 5.88 Å². The number of hydrogen-bond acceptors (Lipinski definition) is 3. The summed E-state index contributed by atoms with van der Waals surface area (Å²) < 4.78 is 4.82. The van der Waals surface area contributed by atoms with Gasteiger partial charge >= 0.3 is 7.48 Å². The van der Waals surface area contributed by atoms with Crippen LogP contribution < -0.4 is 10.2 Å². The van der Waals surface area contributed by atoms with Gasteiger partial charge in [-0.1, -0.05) is 6.07 Å². The van der Waals surface area contributed by atoms with Crippen molar-refractivity contribution in [2.24, 2.45) is 0 Å². The molecule has 0 aliphatic carbocycles. The molecular formula is C6H8BNO2. The highest BCUT2D eigenvalue weighted by Crippen LogP contribution is 1.98. The van der Waals surface area contributed by atoms with Crippen molar-refractivity contribution < 1.29 is 9.76 Å². The first-order chi connectivity index (χ1) is 4.86. The van der Waals surface area contributed by atoms with E-state index in [2.05, 4.69) is 4.98 Å². The van der Waals surface area contributed by atoms with Gasteiger partial charge in [-0.2, -0.15) is 0 Å². The van der Waals surface area contributed by atoms with Crippen LogP contribution in [-0.4, -0.2) is 24.6 Å². The van der Waals surface area contributed by atoms with E-state index in [4.69, 9.17) is 9.76 Å². The van der Waals surface area contributed by atoms with Crippen LogP contribution in [0.5, 0.6) is 5.88 Å². The molecule has 3 nitrogen and oxygen atoms in total. The highest BCUT2D eigenvalue weighted by molar-refractivity contribution is 6.45. The summed E-state index contributed by atoms with van der Waals surface area (Å²) in [5.41, 5.74) is 0.792. The average molecular weight is 137 g/mol. The molecule has 0 bridgehead atoms. The number of rotatable bonds is 2. The smallest absolute Gasteiger partial charge is 0.306 e. The summed E-state index contributed by atoms with van der Waals surface area (Å²) in [7, 11) is 1.58. The Hall–Kier alpha value is -1.03. The molecule has 0 spiro atoms. The fraction of sp³-hybridized carbons (Fsp3) is 0.167. The van der Waals surface area contributed by atoms with E-state index in [9.17, 15) is 0 Å². The lowest BCUT2D eigenvalue weighted by Crippen LogP contribution is -2.13. The molecule has 0 aliphatic rings. The molecule has 0 saturated carbocycles. The minimum atomic E-state index is 0.0248. The van der Waals surface area contributed by atoms with Crippen molar-refractivity contribution in [1.29, 1.82) is 0 Å². The molecule has 0 unspecified atom stereocenters. The zero-order valence-electron chi connectivity index (χ0n) is 5.74. The molecule has 0 atom stereocenters. The lowest BCUT2D eigenvalue weighted by molar-refractivity contribution is 0.398. The second-order valence-electron chi connectivity index (χ2n) is 1.87. The third kappa shape index (κ3) is 1.48. The zero-order valence-corrected chi connectivity index (χ0v) is 5.74. The Labute approximate surface area is 59.9 Å². The fourth-order valence-electron chi connectivity index (χ4n) is 0.625. The van der Waals surface area contributed by atoms with Crippen LogP contribution in [0.15, 0.2) is 18.3 Å². The summed E-state index contributed by atoms with van der Waals surface area (Å²) in [5.74, 6) is 0.567. The van der Waals surface area contributed by atoms with Crippen LogP contribution in [-0.2, 0) is 0 Å². The Morgan fingerprint density at radius 1 is 1.60 bits per heavy atom. The molecule has 0 aliphatic heterocycles. The van der Waals surface area contributed by atoms with Crippen LogP contribution >= 0.6 is 0 Å². The van der Waals surface area contributed by atoms with Crippen molar-refractivity contribution in [2.45, 2.75) is 0 Å². The number of methoxy groups -OCH3 is 1. The van der Waals surface area contributed by atoms with E-state index < -0.39 is 0 Å². The van der Waals surface area contributed by atoms with Crippen LogP contribution in [0.1, 0.15) is 0 Å². The van der Waals surface area contributed by atoms with Gasteiger partial charge in [0, 0.05) is 6.20 Å². The third-order valence-corrected chi connectivity index (χ3v) is 1.19. The summed E-state index contributed by atoms with van der Waals surface area (Å²) in [6.07, 6.45) is 1.58. The Morgan fingerprint density at radius 3 is 2.80 bits per heavy atom. The van der Waals surface area contributed by atoms with E-state index in [0.717, 1.165) is 5.46 Å². The molecule has 0 fully saturated rings. The molecule has 0 saturated heterocycles. The molecule has 1 aromatic rings. The second-order valence-corrected chi connectivity index (χ2v) is 1.87. The van der Waals surface area contributed by atoms with Crippen LogP contribution in [0.25, 0.3) is 0 Å². The number of pyridine rings is 1. The number of ether oxygens (including phenoxy) is 1. The average Bonchev–Trinajstić information content (AvgIpc) is 2.05. The largest absolute Gasteiger partial charge is 0.481 e. The predicted octanol–water partition coefficient (Wildman–Crippen LogP) is -0.941. The van der Waals surface area contributed by atoms with Crippen molar-refractivity contribution in [1.82, 2.24) is 4.98 Å². The van der Waals surface area contributed by atoms with Gasteiger partial charge in [-0.25, -0.2) is 4.98 Å². The molecule has 1 aromatic heterocycles. The van der Waals surface area contributed by atoms with Gasteiger partial charge in [0.05, 0.1) is 7.11 Å². The molecule has 1 N–H and O–H groups in total. The maximum absolute atomic E-state index is 8.62. The fourth-order valence-corrected chi connectivity index (χ4v) is 0.625. The number of aromatic nitrogens is 1. The minimum Gasteiger partial charge on any atom is -0.481 e. The first-order valence-electron chi connectivity index (χ1n) is 2.96. The van der Waals surface area contributed by atoms with Crippen molar-refractivity contribution in [3.05, 3.63) is 18.3 Å². The maximum Gasteiger partial charge on any atom is 0.306 e. The summed E-state index contributed by atoms with van der Waals surface area (Å²) in [6, 6.07) is 3.48. The van der Waals surface area contributed by atoms with Gasteiger partial charge in [0.1, 0.15) is 0 Å². The second kappa shape index (κ2) is 3.22. The molecule has 0 radical (unpaired) electrons. The van der Waals surface area contributed by atoms with E-state index >= 15 is 0 Å². The maximum atomic E-state index is 8.62. The number of hydrogen-bond donors (Lipinski definition) is 1. The van der Waals surface area contributed by atoms with Gasteiger partial charge in [0.15, 0.2) is 0 Å². The van der Waals surface area contributed by atoms with Gasteiger partial charge in [0.2, 0.25) is 5.88 Å². The van der Waals surface area contributed by atoms with Crippen molar-refractivity contribution in [2.75, 3.05) is 7.11 Å². The van der Waals surface area contributed by atoms with Gasteiger partial charge in [0.25, 0.3) is 0 Å². The van der Waals surface area contributed by atoms with Gasteiger partial charge in [-0.3, -0.25) is 0 Å². The van der Waals surface area contributed by atoms with E-state index in [1.54, 1.807) is 25.4 Å². The monoisotopic (exact) mass is 137 g/mol. The molecule has 1 heterocycles. The molecule has 1 rings (SSSR count). The van der Waals surface area contributed by atoms with Gasteiger partial charge < -0.3 is 9.76 Å². The van der Waals surface area contributed by atoms with E-state index in [1.807, 2.05) is 0 Å². The van der Waals surface area contributed by atoms with E-state index in [-0.39, 0.29) is 7.48 Å². The van der Waals surface area contributed by atoms with Gasteiger partial charge in [-0.05, 0) is 11.5 Å². The Bertz CT molecular complexity index is 176. The third-order valence-electron chi connectivity index (χ3n) is 1.19. The minimum absolute atomic E-state index is 0.0248. The number of nitrogens with zero attached hydrogens (tertiary/aromatic N) is 1. The van der Waals surface area contributed by atoms with Crippen molar-refractivity contribution >= 4 is 12.9 Å². The predicted molar refractivity (Wildman–Crippen MR) is 39.8 cm³/mol. The van der Waals surface area contributed by atoms with Crippen molar-refractivity contribution in [3.8, 4) is 5.88 Å². The van der Waals surface area contributed by atoms with Crippen molar-refractivity contribution in [3.63, 3.8) is 0 Å². The topological polar surface area (TPSA) is 42.4 Å².